The van der Waals surface area contributed by atoms with Gasteiger partial charge >= 0.3 is 0 Å². The average Bonchev–Trinajstić information content (AvgIpc) is 2.60. The molecule has 2 aromatic carbocycles. The quantitative estimate of drug-likeness (QED) is 0.762. The highest BCUT2D eigenvalue weighted by molar-refractivity contribution is 5.63. The van der Waals surface area contributed by atoms with Crippen LogP contribution in [0.25, 0.3) is 4.85 Å². The number of ether oxygens (including phenoxy) is 2. The van der Waals surface area contributed by atoms with E-state index >= 15 is 0 Å². The molecule has 1 unspecified atom stereocenters. The lowest BCUT2D eigenvalue weighted by Gasteiger charge is -2.18. The lowest BCUT2D eigenvalue weighted by Crippen LogP contribution is -2.27. The maximum atomic E-state index is 9.82. The van der Waals surface area contributed by atoms with Gasteiger partial charge in [0.15, 0.2) is 0 Å². The molecule has 126 valence electrons. The first-order chi connectivity index (χ1) is 11.6. The zero-order valence-electron chi connectivity index (χ0n) is 14.2. The highest BCUT2D eigenvalue weighted by Crippen LogP contribution is 2.35. The number of nitrogens with one attached hydrogen (secondary N) is 1. The molecule has 0 bridgehead atoms. The van der Waals surface area contributed by atoms with Gasteiger partial charge in [-0.3, -0.25) is 0 Å². The highest BCUT2D eigenvalue weighted by Gasteiger charge is 2.14. The van der Waals surface area contributed by atoms with Gasteiger partial charge in [0, 0.05) is 18.2 Å². The first-order valence-corrected chi connectivity index (χ1v) is 7.71. The SMILES string of the molecule is [C-]#[N+]c1cc(OC)c(CC(C)NCc2ccccc2O)cc1OC. The number of hydrogen-bond donors (Lipinski definition) is 2. The Bertz CT molecular complexity index is 738. The molecule has 2 aromatic rings. The summed E-state index contributed by atoms with van der Waals surface area (Å²) in [4.78, 5) is 3.46. The van der Waals surface area contributed by atoms with Gasteiger partial charge in [0.05, 0.1) is 20.8 Å². The molecule has 2 rings (SSSR count). The Kier molecular flexibility index (Phi) is 6.05. The van der Waals surface area contributed by atoms with Crippen molar-refractivity contribution in [2.24, 2.45) is 0 Å². The van der Waals surface area contributed by atoms with Crippen LogP contribution in [-0.2, 0) is 13.0 Å². The van der Waals surface area contributed by atoms with Crippen LogP contribution >= 0.6 is 0 Å². The number of para-hydroxylation sites is 1. The predicted molar refractivity (Wildman–Crippen MR) is 93.9 cm³/mol. The molecule has 0 fully saturated rings. The van der Waals surface area contributed by atoms with Gasteiger partial charge < -0.3 is 19.9 Å². The second-order valence-corrected chi connectivity index (χ2v) is 5.56. The van der Waals surface area contributed by atoms with Crippen molar-refractivity contribution < 1.29 is 14.6 Å². The maximum Gasteiger partial charge on any atom is 0.231 e. The number of benzene rings is 2. The molecule has 0 aliphatic heterocycles. The minimum absolute atomic E-state index is 0.155. The van der Waals surface area contributed by atoms with E-state index in [0.29, 0.717) is 30.2 Å². The molecule has 0 aliphatic carbocycles. The van der Waals surface area contributed by atoms with Crippen molar-refractivity contribution in [1.82, 2.24) is 5.32 Å². The van der Waals surface area contributed by atoms with Crippen LogP contribution in [0.3, 0.4) is 0 Å². The normalized spacial score (nSPS) is 11.6. The molecule has 0 saturated carbocycles. The summed E-state index contributed by atoms with van der Waals surface area (Å²) < 4.78 is 10.7. The molecule has 0 aliphatic rings. The summed E-state index contributed by atoms with van der Waals surface area (Å²) in [5, 5.41) is 13.2. The molecule has 0 amide bonds. The summed E-state index contributed by atoms with van der Waals surface area (Å²) in [5.41, 5.74) is 2.27. The van der Waals surface area contributed by atoms with Gasteiger partial charge in [0.25, 0.3) is 0 Å². The average molecular weight is 326 g/mol. The molecule has 0 spiro atoms. The van der Waals surface area contributed by atoms with Crippen LogP contribution in [0.5, 0.6) is 17.2 Å². The third kappa shape index (κ3) is 4.18. The van der Waals surface area contributed by atoms with Crippen LogP contribution < -0.4 is 14.8 Å². The summed E-state index contributed by atoms with van der Waals surface area (Å²) in [6.45, 7) is 9.85. The molecule has 24 heavy (non-hydrogen) atoms. The second kappa shape index (κ2) is 8.23. The third-order valence-corrected chi connectivity index (χ3v) is 3.86. The van der Waals surface area contributed by atoms with Crippen molar-refractivity contribution in [2.75, 3.05) is 14.2 Å². The van der Waals surface area contributed by atoms with E-state index in [1.807, 2.05) is 18.2 Å². The van der Waals surface area contributed by atoms with Crippen LogP contribution in [0.1, 0.15) is 18.1 Å². The number of aromatic hydroxyl groups is 1. The Labute approximate surface area is 142 Å². The van der Waals surface area contributed by atoms with Crippen LogP contribution in [0.15, 0.2) is 36.4 Å². The van der Waals surface area contributed by atoms with Gasteiger partial charge in [-0.15, -0.1) is 0 Å². The van der Waals surface area contributed by atoms with Crippen molar-refractivity contribution >= 4 is 5.69 Å². The molecule has 0 saturated heterocycles. The van der Waals surface area contributed by atoms with Gasteiger partial charge in [-0.1, -0.05) is 18.2 Å². The van der Waals surface area contributed by atoms with Gasteiger partial charge in [-0.2, -0.15) is 0 Å². The third-order valence-electron chi connectivity index (χ3n) is 3.86. The molecule has 5 nitrogen and oxygen atoms in total. The topological polar surface area (TPSA) is 55.1 Å². The Balaban J connectivity index is 2.09. The summed E-state index contributed by atoms with van der Waals surface area (Å²) in [7, 11) is 3.15. The zero-order valence-corrected chi connectivity index (χ0v) is 14.2. The van der Waals surface area contributed by atoms with Crippen molar-refractivity contribution in [1.29, 1.82) is 0 Å². The van der Waals surface area contributed by atoms with Gasteiger partial charge in [0.2, 0.25) is 5.69 Å². The largest absolute Gasteiger partial charge is 0.508 e. The lowest BCUT2D eigenvalue weighted by atomic mass is 10.0. The first kappa shape index (κ1) is 17.6. The van der Waals surface area contributed by atoms with Gasteiger partial charge in [-0.25, -0.2) is 4.85 Å². The van der Waals surface area contributed by atoms with Gasteiger partial charge in [-0.05, 0) is 37.1 Å². The fourth-order valence-electron chi connectivity index (χ4n) is 2.54. The monoisotopic (exact) mass is 326 g/mol. The van der Waals surface area contributed by atoms with E-state index in [1.54, 1.807) is 32.4 Å². The highest BCUT2D eigenvalue weighted by atomic mass is 16.5. The molecular formula is C19H22N2O3. The van der Waals surface area contributed by atoms with E-state index in [-0.39, 0.29) is 11.8 Å². The number of methoxy groups -OCH3 is 2. The van der Waals surface area contributed by atoms with Crippen LogP contribution in [0.4, 0.5) is 5.69 Å². The van der Waals surface area contributed by atoms with Crippen LogP contribution in [0, 0.1) is 6.57 Å². The van der Waals surface area contributed by atoms with E-state index in [4.69, 9.17) is 16.0 Å². The molecule has 0 radical (unpaired) electrons. The summed E-state index contributed by atoms with van der Waals surface area (Å²) in [5.74, 6) is 1.52. The van der Waals surface area contributed by atoms with Gasteiger partial charge in [0.1, 0.15) is 17.2 Å². The standard InChI is InChI=1S/C19H22N2O3/c1-13(21-12-14-7-5-6-8-17(14)22)9-15-10-19(24-4)16(20-2)11-18(15)23-3/h5-8,10-11,13,21-22H,9,12H2,1,3-4H3. The molecule has 0 heterocycles. The van der Waals surface area contributed by atoms with Crippen LogP contribution in [0.2, 0.25) is 0 Å². The van der Waals surface area contributed by atoms with E-state index < -0.39 is 0 Å². The lowest BCUT2D eigenvalue weighted by molar-refractivity contribution is 0.397. The fourth-order valence-corrected chi connectivity index (χ4v) is 2.54. The summed E-state index contributed by atoms with van der Waals surface area (Å²) >= 11 is 0. The molecule has 5 heteroatoms. The van der Waals surface area contributed by atoms with Crippen molar-refractivity contribution in [2.45, 2.75) is 25.9 Å². The molecular weight excluding hydrogens is 304 g/mol. The predicted octanol–water partition coefficient (Wildman–Crippen LogP) is 3.68. The smallest absolute Gasteiger partial charge is 0.231 e. The Morgan fingerprint density at radius 3 is 2.46 bits per heavy atom. The zero-order chi connectivity index (χ0) is 17.5. The second-order valence-electron chi connectivity index (χ2n) is 5.56. The number of rotatable bonds is 7. The number of phenolic OH excluding ortho intramolecular Hbond substituents is 1. The van der Waals surface area contributed by atoms with Crippen molar-refractivity contribution in [3.8, 4) is 17.2 Å². The Morgan fingerprint density at radius 1 is 1.12 bits per heavy atom. The number of phenols is 1. The first-order valence-electron chi connectivity index (χ1n) is 7.71. The van der Waals surface area contributed by atoms with Crippen molar-refractivity contribution in [3.05, 3.63) is 58.9 Å². The minimum atomic E-state index is 0.155. The molecule has 2 N–H and O–H groups in total. The maximum absolute atomic E-state index is 9.82. The van der Waals surface area contributed by atoms with E-state index in [1.165, 1.54) is 0 Å². The van der Waals surface area contributed by atoms with Crippen molar-refractivity contribution in [3.63, 3.8) is 0 Å². The summed E-state index contributed by atoms with van der Waals surface area (Å²) in [6.07, 6.45) is 0.714. The Morgan fingerprint density at radius 2 is 1.83 bits per heavy atom. The van der Waals surface area contributed by atoms with Crippen LogP contribution in [-0.4, -0.2) is 25.4 Å². The van der Waals surface area contributed by atoms with E-state index in [0.717, 1.165) is 11.1 Å². The minimum Gasteiger partial charge on any atom is -0.508 e. The summed E-state index contributed by atoms with van der Waals surface area (Å²) in [6, 6.07) is 11.0. The van der Waals surface area contributed by atoms with E-state index in [2.05, 4.69) is 17.1 Å². The fraction of sp³-hybridized carbons (Fsp3) is 0.316. The van der Waals surface area contributed by atoms with E-state index in [9.17, 15) is 5.11 Å². The molecule has 0 aromatic heterocycles. The molecule has 1 atom stereocenters. The Hall–Kier alpha value is -2.71. The number of nitrogens with zero attached hydrogens (tertiary/aromatic N) is 1. The number of hydrogen-bond acceptors (Lipinski definition) is 4.